The molecule has 0 radical (unpaired) electrons. The van der Waals surface area contributed by atoms with Crippen molar-refractivity contribution in [2.45, 2.75) is 38.5 Å². The van der Waals surface area contributed by atoms with Crippen LogP contribution in [0, 0.1) is 17.2 Å². The molecule has 3 heteroatoms. The fraction of sp³-hybridized carbons (Fsp3) is 0.350. The van der Waals surface area contributed by atoms with Gasteiger partial charge in [-0.15, -0.1) is 0 Å². The average molecular weight is 308 g/mol. The summed E-state index contributed by atoms with van der Waals surface area (Å²) in [6, 6.07) is 22.0. The summed E-state index contributed by atoms with van der Waals surface area (Å²) in [5, 5.41) is 9.09. The molecular weight excluding hydrogens is 284 g/mol. The van der Waals surface area contributed by atoms with E-state index in [1.165, 1.54) is 5.56 Å². The van der Waals surface area contributed by atoms with Crippen molar-refractivity contribution in [3.63, 3.8) is 0 Å². The third-order valence-corrected chi connectivity index (χ3v) is 4.17. The number of ether oxygens (including phenoxy) is 1. The maximum absolute atomic E-state index is 9.09. The third-order valence-electron chi connectivity index (χ3n) is 4.17. The molecule has 3 nitrogen and oxygen atoms in total. The van der Waals surface area contributed by atoms with Crippen LogP contribution in [-0.4, -0.2) is 12.1 Å². The number of hydrogen-bond donors (Lipinski definition) is 1. The molecule has 0 aromatic heterocycles. The molecular formula is C20H24N2O. The Morgan fingerprint density at radius 2 is 1.57 bits per heavy atom. The van der Waals surface area contributed by atoms with Crippen molar-refractivity contribution in [1.82, 2.24) is 0 Å². The Bertz CT molecular complexity index is 563. The van der Waals surface area contributed by atoms with Gasteiger partial charge in [0.05, 0.1) is 24.8 Å². The van der Waals surface area contributed by atoms with E-state index in [2.05, 4.69) is 18.2 Å². The second-order valence-corrected chi connectivity index (χ2v) is 5.87. The number of nitrogens with two attached hydrogens (primary N) is 1. The van der Waals surface area contributed by atoms with Crippen LogP contribution in [0.1, 0.15) is 24.5 Å². The van der Waals surface area contributed by atoms with E-state index in [1.807, 2.05) is 55.5 Å². The number of aryl methyl sites for hydroxylation is 1. The van der Waals surface area contributed by atoms with E-state index < -0.39 is 6.04 Å². The van der Waals surface area contributed by atoms with Crippen LogP contribution in [0.25, 0.3) is 0 Å². The van der Waals surface area contributed by atoms with E-state index in [0.717, 1.165) is 18.4 Å². The molecule has 0 fully saturated rings. The Hall–Kier alpha value is -2.15. The van der Waals surface area contributed by atoms with Gasteiger partial charge in [-0.3, -0.25) is 0 Å². The van der Waals surface area contributed by atoms with Gasteiger partial charge in [0.15, 0.2) is 0 Å². The highest BCUT2D eigenvalue weighted by molar-refractivity contribution is 5.15. The Morgan fingerprint density at radius 3 is 2.13 bits per heavy atom. The maximum Gasteiger partial charge on any atom is 0.0978 e. The van der Waals surface area contributed by atoms with E-state index in [9.17, 15) is 0 Å². The monoisotopic (exact) mass is 308 g/mol. The van der Waals surface area contributed by atoms with E-state index >= 15 is 0 Å². The van der Waals surface area contributed by atoms with Crippen molar-refractivity contribution < 1.29 is 4.74 Å². The molecule has 2 aromatic rings. The van der Waals surface area contributed by atoms with Gasteiger partial charge in [0.25, 0.3) is 0 Å². The lowest BCUT2D eigenvalue weighted by Crippen LogP contribution is -2.36. The number of benzene rings is 2. The highest BCUT2D eigenvalue weighted by Crippen LogP contribution is 2.19. The molecule has 3 atom stereocenters. The molecule has 23 heavy (non-hydrogen) atoms. The van der Waals surface area contributed by atoms with Gasteiger partial charge < -0.3 is 10.5 Å². The van der Waals surface area contributed by atoms with Crippen LogP contribution in [0.5, 0.6) is 0 Å². The molecule has 2 rings (SSSR count). The molecule has 0 amide bonds. The van der Waals surface area contributed by atoms with E-state index in [-0.39, 0.29) is 12.0 Å². The zero-order valence-electron chi connectivity index (χ0n) is 13.6. The first-order chi connectivity index (χ1) is 11.2. The largest absolute Gasteiger partial charge is 0.373 e. The molecule has 0 spiro atoms. The lowest BCUT2D eigenvalue weighted by molar-refractivity contribution is -0.00200. The number of nitrogens with zero attached hydrogens (tertiary/aromatic N) is 1. The molecule has 120 valence electrons. The smallest absolute Gasteiger partial charge is 0.0978 e. The summed E-state index contributed by atoms with van der Waals surface area (Å²) >= 11 is 0. The molecule has 0 saturated heterocycles. The molecule has 2 aromatic carbocycles. The first kappa shape index (κ1) is 17.2. The van der Waals surface area contributed by atoms with E-state index in [1.54, 1.807) is 0 Å². The van der Waals surface area contributed by atoms with Crippen molar-refractivity contribution in [1.29, 1.82) is 5.26 Å². The lowest BCUT2D eigenvalue weighted by Gasteiger charge is -2.26. The second kappa shape index (κ2) is 9.09. The van der Waals surface area contributed by atoms with Crippen molar-refractivity contribution in [2.24, 2.45) is 11.7 Å². The summed E-state index contributed by atoms with van der Waals surface area (Å²) in [7, 11) is 0. The van der Waals surface area contributed by atoms with Gasteiger partial charge in [0.1, 0.15) is 0 Å². The van der Waals surface area contributed by atoms with Crippen LogP contribution in [0.2, 0.25) is 0 Å². The highest BCUT2D eigenvalue weighted by Gasteiger charge is 2.23. The fourth-order valence-corrected chi connectivity index (χ4v) is 2.58. The summed E-state index contributed by atoms with van der Waals surface area (Å²) in [4.78, 5) is 0. The predicted octanol–water partition coefficient (Wildman–Crippen LogP) is 3.69. The van der Waals surface area contributed by atoms with Crippen LogP contribution < -0.4 is 5.73 Å². The van der Waals surface area contributed by atoms with Crippen LogP contribution in [0.3, 0.4) is 0 Å². The topological polar surface area (TPSA) is 59.0 Å². The molecule has 0 bridgehead atoms. The second-order valence-electron chi connectivity index (χ2n) is 5.87. The molecule has 0 heterocycles. The molecule has 2 N–H and O–H groups in total. The number of hydrogen-bond acceptors (Lipinski definition) is 3. The van der Waals surface area contributed by atoms with Crippen molar-refractivity contribution in [3.05, 3.63) is 71.8 Å². The molecule has 0 aliphatic rings. The minimum absolute atomic E-state index is 0.00701. The van der Waals surface area contributed by atoms with Crippen LogP contribution in [-0.2, 0) is 17.8 Å². The summed E-state index contributed by atoms with van der Waals surface area (Å²) < 4.78 is 6.10. The van der Waals surface area contributed by atoms with Crippen LogP contribution >= 0.6 is 0 Å². The van der Waals surface area contributed by atoms with Gasteiger partial charge >= 0.3 is 0 Å². The normalized spacial score (nSPS) is 14.7. The fourth-order valence-electron chi connectivity index (χ4n) is 2.58. The predicted molar refractivity (Wildman–Crippen MR) is 92.5 cm³/mol. The van der Waals surface area contributed by atoms with Crippen molar-refractivity contribution in [3.8, 4) is 6.07 Å². The minimum Gasteiger partial charge on any atom is -0.373 e. The Kier molecular flexibility index (Phi) is 6.80. The first-order valence-corrected chi connectivity index (χ1v) is 8.05. The van der Waals surface area contributed by atoms with Gasteiger partial charge in [-0.1, -0.05) is 67.6 Å². The van der Waals surface area contributed by atoms with Gasteiger partial charge in [-0.2, -0.15) is 5.26 Å². The average Bonchev–Trinajstić information content (AvgIpc) is 2.62. The SMILES string of the molecule is C[C@H]([C@H](N)C#N)[C@H](CCc1ccccc1)OCc1ccccc1. The minimum atomic E-state index is -0.508. The summed E-state index contributed by atoms with van der Waals surface area (Å²) in [5.74, 6) is -0.00701. The molecule has 0 aliphatic heterocycles. The molecule has 0 saturated carbocycles. The van der Waals surface area contributed by atoms with Crippen molar-refractivity contribution in [2.75, 3.05) is 0 Å². The summed E-state index contributed by atoms with van der Waals surface area (Å²) in [6.07, 6.45) is 1.74. The van der Waals surface area contributed by atoms with Gasteiger partial charge in [-0.05, 0) is 24.0 Å². The molecule has 0 aliphatic carbocycles. The Labute approximate surface area is 138 Å². The Balaban J connectivity index is 1.98. The van der Waals surface area contributed by atoms with E-state index in [0.29, 0.717) is 6.61 Å². The molecule has 0 unspecified atom stereocenters. The zero-order chi connectivity index (χ0) is 16.5. The standard InChI is InChI=1S/C20H24N2O/c1-16(19(22)14-21)20(13-12-17-8-4-2-5-9-17)23-15-18-10-6-3-7-11-18/h2-11,16,19-20H,12-13,15,22H2,1H3/t16-,19-,20+/m1/s1. The quantitative estimate of drug-likeness (QED) is 0.809. The van der Waals surface area contributed by atoms with Gasteiger partial charge in [0, 0.05) is 5.92 Å². The van der Waals surface area contributed by atoms with Gasteiger partial charge in [0.2, 0.25) is 0 Å². The van der Waals surface area contributed by atoms with Gasteiger partial charge in [-0.25, -0.2) is 0 Å². The van der Waals surface area contributed by atoms with Crippen molar-refractivity contribution >= 4 is 0 Å². The third kappa shape index (κ3) is 5.52. The number of nitriles is 1. The lowest BCUT2D eigenvalue weighted by atomic mass is 9.92. The number of rotatable bonds is 8. The summed E-state index contributed by atoms with van der Waals surface area (Å²) in [5.41, 5.74) is 8.32. The van der Waals surface area contributed by atoms with E-state index in [4.69, 9.17) is 15.7 Å². The Morgan fingerprint density at radius 1 is 1.00 bits per heavy atom. The first-order valence-electron chi connectivity index (χ1n) is 8.05. The zero-order valence-corrected chi connectivity index (χ0v) is 13.6. The van der Waals surface area contributed by atoms with Crippen LogP contribution in [0.4, 0.5) is 0 Å². The summed E-state index contributed by atoms with van der Waals surface area (Å²) in [6.45, 7) is 2.54. The van der Waals surface area contributed by atoms with Crippen LogP contribution in [0.15, 0.2) is 60.7 Å². The maximum atomic E-state index is 9.09. The highest BCUT2D eigenvalue weighted by atomic mass is 16.5.